The van der Waals surface area contributed by atoms with Crippen LogP contribution in [0.1, 0.15) is 54.4 Å². The Hall–Kier alpha value is -1.85. The number of ether oxygens (including phenoxy) is 3. The molecule has 0 spiro atoms. The molecule has 3 rings (SSSR count). The Kier molecular flexibility index (Phi) is 4.68. The van der Waals surface area contributed by atoms with E-state index in [0.29, 0.717) is 5.92 Å². The summed E-state index contributed by atoms with van der Waals surface area (Å²) in [7, 11) is 0. The highest BCUT2D eigenvalue weighted by Gasteiger charge is 2.71. The average molecular weight is 378 g/mol. The highest BCUT2D eigenvalue weighted by atomic mass is 16.6. The van der Waals surface area contributed by atoms with Crippen LogP contribution in [0.25, 0.3) is 0 Å². The summed E-state index contributed by atoms with van der Waals surface area (Å²) in [5, 5.41) is 0. The van der Waals surface area contributed by atoms with Gasteiger partial charge in [0.2, 0.25) is 0 Å². The zero-order valence-electron chi connectivity index (χ0n) is 17.0. The second-order valence-electron chi connectivity index (χ2n) is 9.20. The Bertz CT molecular complexity index is 695. The van der Waals surface area contributed by atoms with Crippen molar-refractivity contribution in [3.05, 3.63) is 12.2 Å². The molecule has 0 heterocycles. The molecule has 0 N–H and O–H groups in total. The molecular weight excluding hydrogens is 348 g/mol. The van der Waals surface area contributed by atoms with Gasteiger partial charge in [-0.05, 0) is 30.6 Å². The summed E-state index contributed by atoms with van der Waals surface area (Å²) >= 11 is 0. The fourth-order valence-corrected chi connectivity index (χ4v) is 6.23. The third-order valence-corrected chi connectivity index (χ3v) is 7.23. The van der Waals surface area contributed by atoms with E-state index in [4.69, 9.17) is 14.2 Å². The lowest BCUT2D eigenvalue weighted by Gasteiger charge is -2.45. The van der Waals surface area contributed by atoms with Crippen molar-refractivity contribution in [2.45, 2.75) is 72.7 Å². The first-order valence-corrected chi connectivity index (χ1v) is 9.60. The maximum absolute atomic E-state index is 12.0. The van der Waals surface area contributed by atoms with Gasteiger partial charge in [0.25, 0.3) is 0 Å². The molecule has 3 aliphatic carbocycles. The second kappa shape index (κ2) is 6.35. The van der Waals surface area contributed by atoms with Crippen molar-refractivity contribution < 1.29 is 28.6 Å². The van der Waals surface area contributed by atoms with Gasteiger partial charge in [-0.15, -0.1) is 0 Å². The Morgan fingerprint density at radius 2 is 1.44 bits per heavy atom. The van der Waals surface area contributed by atoms with Crippen LogP contribution in [0, 0.1) is 28.6 Å². The van der Waals surface area contributed by atoms with Crippen LogP contribution >= 0.6 is 0 Å². The number of hydrogen-bond donors (Lipinski definition) is 0. The summed E-state index contributed by atoms with van der Waals surface area (Å²) in [6.07, 6.45) is -0.406. The fourth-order valence-electron chi connectivity index (χ4n) is 6.23. The number of rotatable bonds is 3. The van der Waals surface area contributed by atoms with Gasteiger partial charge in [-0.2, -0.15) is 0 Å². The Balaban J connectivity index is 2.19. The smallest absolute Gasteiger partial charge is 0.303 e. The van der Waals surface area contributed by atoms with Crippen molar-refractivity contribution in [2.75, 3.05) is 0 Å². The number of allylic oxidation sites excluding steroid dienone is 1. The minimum absolute atomic E-state index is 0.125. The highest BCUT2D eigenvalue weighted by Crippen LogP contribution is 2.71. The zero-order valence-corrected chi connectivity index (χ0v) is 17.0. The molecule has 0 unspecified atom stereocenters. The molecule has 0 amide bonds. The Morgan fingerprint density at radius 1 is 0.926 bits per heavy atom. The molecular formula is C21H30O6. The van der Waals surface area contributed by atoms with Gasteiger partial charge in [0.15, 0.2) is 6.10 Å². The third kappa shape index (κ3) is 2.88. The second-order valence-corrected chi connectivity index (χ2v) is 9.20. The minimum Gasteiger partial charge on any atom is -0.458 e. The minimum atomic E-state index is -0.850. The fraction of sp³-hybridized carbons (Fsp3) is 0.762. The SMILES string of the molecule is C=C1C[C@@H]2C[C@@H]3[C@H]1[C@@]2(C)[C@H](OC(C)=O)[C@@H](OC(C)=O)[C@@H](OC(C)=O)C3(C)C. The molecule has 3 aliphatic rings. The van der Waals surface area contributed by atoms with Gasteiger partial charge in [0, 0.05) is 31.6 Å². The number of hydrogen-bond acceptors (Lipinski definition) is 6. The topological polar surface area (TPSA) is 78.9 Å². The van der Waals surface area contributed by atoms with E-state index in [9.17, 15) is 14.4 Å². The van der Waals surface area contributed by atoms with Crippen LogP contribution in [0.15, 0.2) is 12.2 Å². The van der Waals surface area contributed by atoms with Gasteiger partial charge in [0.05, 0.1) is 0 Å². The normalized spacial score (nSPS) is 41.6. The van der Waals surface area contributed by atoms with Crippen LogP contribution in [-0.4, -0.2) is 36.2 Å². The molecule has 3 fully saturated rings. The van der Waals surface area contributed by atoms with E-state index >= 15 is 0 Å². The quantitative estimate of drug-likeness (QED) is 0.427. The summed E-state index contributed by atoms with van der Waals surface area (Å²) in [4.78, 5) is 35.8. The van der Waals surface area contributed by atoms with Crippen LogP contribution < -0.4 is 0 Å². The maximum Gasteiger partial charge on any atom is 0.303 e. The summed E-state index contributed by atoms with van der Waals surface area (Å²) in [5.41, 5.74) is 0.277. The van der Waals surface area contributed by atoms with Gasteiger partial charge in [-0.3, -0.25) is 14.4 Å². The lowest BCUT2D eigenvalue weighted by atomic mass is 9.66. The van der Waals surface area contributed by atoms with Crippen LogP contribution in [0.3, 0.4) is 0 Å². The molecule has 0 aromatic carbocycles. The molecule has 3 saturated carbocycles. The van der Waals surface area contributed by atoms with Crippen LogP contribution in [0.4, 0.5) is 0 Å². The summed E-state index contributed by atoms with van der Waals surface area (Å²) < 4.78 is 17.2. The molecule has 27 heavy (non-hydrogen) atoms. The summed E-state index contributed by atoms with van der Waals surface area (Å²) in [6.45, 7) is 14.5. The van der Waals surface area contributed by atoms with Crippen molar-refractivity contribution in [2.24, 2.45) is 28.6 Å². The molecule has 0 radical (unpaired) electrons. The number of carbonyl (C=O) groups excluding carboxylic acids is 3. The first-order chi connectivity index (χ1) is 12.4. The van der Waals surface area contributed by atoms with E-state index in [2.05, 4.69) is 13.5 Å². The maximum atomic E-state index is 12.0. The predicted molar refractivity (Wildman–Crippen MR) is 97.4 cm³/mol. The molecule has 0 aromatic heterocycles. The summed E-state index contributed by atoms with van der Waals surface area (Å²) in [5.74, 6) is -0.748. The van der Waals surface area contributed by atoms with Crippen LogP contribution in [0.5, 0.6) is 0 Å². The predicted octanol–water partition coefficient (Wildman–Crippen LogP) is 3.04. The number of esters is 3. The van der Waals surface area contributed by atoms with Gasteiger partial charge >= 0.3 is 17.9 Å². The summed E-state index contributed by atoms with van der Waals surface area (Å²) in [6, 6.07) is 0. The Morgan fingerprint density at radius 3 is 1.96 bits per heavy atom. The molecule has 6 nitrogen and oxygen atoms in total. The lowest BCUT2D eigenvalue weighted by Crippen LogP contribution is -2.56. The third-order valence-electron chi connectivity index (χ3n) is 7.23. The van der Waals surface area contributed by atoms with Crippen LogP contribution in [-0.2, 0) is 28.6 Å². The number of carbonyl (C=O) groups is 3. The highest BCUT2D eigenvalue weighted by molar-refractivity contribution is 5.68. The van der Waals surface area contributed by atoms with Crippen molar-refractivity contribution in [3.8, 4) is 0 Å². The van der Waals surface area contributed by atoms with Gasteiger partial charge in [-0.25, -0.2) is 0 Å². The molecule has 7 atom stereocenters. The van der Waals surface area contributed by atoms with Crippen molar-refractivity contribution in [1.82, 2.24) is 0 Å². The standard InChI is InChI=1S/C21H30O6/c1-10-8-14-9-15-16(10)21(14,7)19(27-13(4)24)17(25-11(2)22)18(20(15,5)6)26-12(3)23/h14-19H,1,8-9H2,2-7H3/t14-,15-,16+,17+,18-,19-,21+/m1/s1. The van der Waals surface area contributed by atoms with Gasteiger partial charge in [-0.1, -0.05) is 32.9 Å². The van der Waals surface area contributed by atoms with E-state index < -0.39 is 47.0 Å². The monoisotopic (exact) mass is 378 g/mol. The van der Waals surface area contributed by atoms with Crippen molar-refractivity contribution in [1.29, 1.82) is 0 Å². The average Bonchev–Trinajstić information content (AvgIpc) is 2.93. The van der Waals surface area contributed by atoms with Crippen molar-refractivity contribution in [3.63, 3.8) is 0 Å². The van der Waals surface area contributed by atoms with E-state index in [1.165, 1.54) is 20.8 Å². The first kappa shape index (κ1) is 19.9. The Labute approximate surface area is 160 Å². The van der Waals surface area contributed by atoms with Gasteiger partial charge in [0.1, 0.15) is 12.2 Å². The molecule has 4 bridgehead atoms. The molecule has 0 saturated heterocycles. The van der Waals surface area contributed by atoms with Gasteiger partial charge < -0.3 is 14.2 Å². The first-order valence-electron chi connectivity index (χ1n) is 9.60. The molecule has 150 valence electrons. The van der Waals surface area contributed by atoms with E-state index in [-0.39, 0.29) is 11.8 Å². The van der Waals surface area contributed by atoms with E-state index in [1.807, 2.05) is 13.8 Å². The van der Waals surface area contributed by atoms with Crippen LogP contribution in [0.2, 0.25) is 0 Å². The van der Waals surface area contributed by atoms with Crippen molar-refractivity contribution >= 4 is 17.9 Å². The largest absolute Gasteiger partial charge is 0.458 e. The molecule has 6 heteroatoms. The zero-order chi connectivity index (χ0) is 20.3. The molecule has 0 aromatic rings. The lowest BCUT2D eigenvalue weighted by molar-refractivity contribution is -0.206. The molecule has 0 aliphatic heterocycles. The van der Waals surface area contributed by atoms with E-state index in [1.54, 1.807) is 0 Å². The van der Waals surface area contributed by atoms with E-state index in [0.717, 1.165) is 18.4 Å².